The molecule has 1 aliphatic carbocycles. The Morgan fingerprint density at radius 3 is 2.25 bits per heavy atom. The molecule has 22 heteroatoms. The Morgan fingerprint density at radius 2 is 1.58 bits per heavy atom. The molecule has 280 valence electrons. The minimum absolute atomic E-state index is 0. The van der Waals surface area contributed by atoms with Crippen molar-refractivity contribution >= 4 is 87.1 Å². The Hall–Kier alpha value is -4.35. The Morgan fingerprint density at radius 1 is 0.891 bits per heavy atom. The number of hydrogen-bond donors (Lipinski definition) is 3. The van der Waals surface area contributed by atoms with Crippen molar-refractivity contribution in [1.82, 2.24) is 15.0 Å². The quantitative estimate of drug-likeness (QED) is 0.0693. The number of aryl methyl sites for hydroxylation is 1. The number of aromatic nitrogens is 3. The third kappa shape index (κ3) is 9.38. The number of carbonyl (C=O) groups is 1. The number of sulfone groups is 1. The third-order valence-electron chi connectivity index (χ3n) is 7.92. The van der Waals surface area contributed by atoms with Crippen molar-refractivity contribution in [2.75, 3.05) is 30.2 Å². The van der Waals surface area contributed by atoms with Gasteiger partial charge in [0, 0.05) is 22.6 Å². The van der Waals surface area contributed by atoms with E-state index in [0.717, 1.165) is 0 Å². The summed E-state index contributed by atoms with van der Waals surface area (Å²) in [6, 6.07) is 18.4. The largest absolute Gasteiger partial charge is 1.00 e. The maximum Gasteiger partial charge on any atom is 1.00 e. The number of hydrazone groups is 1. The Balaban J connectivity index is 0.00000580. The molecule has 0 fully saturated rings. The van der Waals surface area contributed by atoms with Crippen molar-refractivity contribution < 1.29 is 77.6 Å². The van der Waals surface area contributed by atoms with E-state index in [0.29, 0.717) is 16.5 Å². The summed E-state index contributed by atoms with van der Waals surface area (Å²) < 4.78 is 102. The van der Waals surface area contributed by atoms with E-state index in [1.807, 2.05) is 0 Å². The van der Waals surface area contributed by atoms with E-state index in [-0.39, 0.29) is 95.8 Å². The number of carbonyl (C=O) groups excluding carboxylic acids is 1. The number of halogens is 1. The van der Waals surface area contributed by atoms with Crippen molar-refractivity contribution in [3.8, 4) is 5.75 Å². The zero-order chi connectivity index (χ0) is 39.0. The zero-order valence-electron chi connectivity index (χ0n) is 28.8. The standard InChI is InChI=1S/C33H27ClN6O11S3.Na/c1-18-15-24(26(50-2)17-28(18)52(42,43)14-13-51-54(47,48)49)35-33-37-31(36-32(34)38-33)22-16-25(30(41)21-10-4-3-9-20(21)22)40-39-23-11-5-7-19-8-6-12-27(29(19)23)53(44,45)46;/h3-12,15-17,39H,13-14H2,1-2H3,(H,44,45,46)(H,47,48,49)(H,35,36,37,38);/q;+1/p-1. The molecular weight excluding hydrogens is 811 g/mol. The van der Waals surface area contributed by atoms with Crippen LogP contribution in [0.4, 0.5) is 17.3 Å². The molecule has 0 bridgehead atoms. The summed E-state index contributed by atoms with van der Waals surface area (Å²) in [6.45, 7) is 0.596. The van der Waals surface area contributed by atoms with Gasteiger partial charge in [0.1, 0.15) is 16.4 Å². The van der Waals surface area contributed by atoms with Crippen LogP contribution in [0, 0.1) is 6.92 Å². The summed E-state index contributed by atoms with van der Waals surface area (Å²) in [5.41, 5.74) is 4.25. The molecule has 5 aromatic rings. The molecule has 0 saturated carbocycles. The Kier molecular flexibility index (Phi) is 12.5. The van der Waals surface area contributed by atoms with Crippen LogP contribution in [0.3, 0.4) is 0 Å². The average molecular weight is 837 g/mol. The van der Waals surface area contributed by atoms with Gasteiger partial charge in [-0.15, -0.1) is 0 Å². The molecule has 0 saturated heterocycles. The fraction of sp³-hybridized carbons (Fsp3) is 0.121. The molecule has 0 atom stereocenters. The number of hydrogen-bond acceptors (Lipinski definition) is 16. The summed E-state index contributed by atoms with van der Waals surface area (Å²) >= 11 is 6.35. The molecule has 0 radical (unpaired) electrons. The van der Waals surface area contributed by atoms with Crippen LogP contribution in [0.5, 0.6) is 5.75 Å². The molecule has 1 aliphatic rings. The second-order valence-electron chi connectivity index (χ2n) is 11.4. The van der Waals surface area contributed by atoms with Crippen LogP contribution in [0.2, 0.25) is 5.28 Å². The van der Waals surface area contributed by atoms with Crippen LogP contribution in [-0.4, -0.2) is 80.3 Å². The van der Waals surface area contributed by atoms with E-state index in [1.54, 1.807) is 42.5 Å². The molecule has 55 heavy (non-hydrogen) atoms. The monoisotopic (exact) mass is 836 g/mol. The second-order valence-corrected chi connectivity index (χ2v) is 16.3. The average Bonchev–Trinajstić information content (AvgIpc) is 3.10. The summed E-state index contributed by atoms with van der Waals surface area (Å²) in [6.07, 6.45) is 1.41. The molecule has 1 aromatic heterocycles. The van der Waals surface area contributed by atoms with E-state index in [4.69, 9.17) is 16.3 Å². The number of Topliss-reactive ketones (excluding diaryl/α,β-unsaturated/α-hetero) is 1. The molecule has 4 aromatic carbocycles. The van der Waals surface area contributed by atoms with Crippen LogP contribution >= 0.6 is 11.6 Å². The Labute approximate surface area is 341 Å². The van der Waals surface area contributed by atoms with Gasteiger partial charge in [-0.1, -0.05) is 48.5 Å². The number of allylic oxidation sites excluding steroid dienone is 1. The fourth-order valence-corrected chi connectivity index (χ4v) is 8.26. The molecule has 0 amide bonds. The first-order valence-corrected chi connectivity index (χ1v) is 20.1. The fourth-order valence-electron chi connectivity index (χ4n) is 5.61. The van der Waals surface area contributed by atoms with Gasteiger partial charge in [0.15, 0.2) is 15.7 Å². The number of fused-ring (bicyclic) bond motifs is 2. The van der Waals surface area contributed by atoms with Gasteiger partial charge in [0.25, 0.3) is 10.1 Å². The number of nitrogens with one attached hydrogen (secondary N) is 2. The summed E-state index contributed by atoms with van der Waals surface area (Å²) in [4.78, 5) is 26.0. The van der Waals surface area contributed by atoms with Crippen molar-refractivity contribution in [3.05, 3.63) is 107 Å². The van der Waals surface area contributed by atoms with Crippen LogP contribution < -0.4 is 45.0 Å². The number of benzene rings is 4. The number of ketones is 1. The summed E-state index contributed by atoms with van der Waals surface area (Å²) in [7, 11) is -12.6. The molecule has 0 unspecified atom stereocenters. The van der Waals surface area contributed by atoms with Gasteiger partial charge < -0.3 is 14.6 Å². The van der Waals surface area contributed by atoms with Gasteiger partial charge in [-0.3, -0.25) is 19.0 Å². The minimum atomic E-state index is -5.09. The first-order chi connectivity index (χ1) is 25.4. The van der Waals surface area contributed by atoms with Gasteiger partial charge in [-0.2, -0.15) is 28.5 Å². The molecular formula is C33H26ClN6NaO11S3. The van der Waals surface area contributed by atoms with E-state index < -0.39 is 48.5 Å². The predicted molar refractivity (Wildman–Crippen MR) is 196 cm³/mol. The molecule has 6 rings (SSSR count). The molecule has 0 aliphatic heterocycles. The van der Waals surface area contributed by atoms with Crippen LogP contribution in [-0.2, 0) is 34.5 Å². The van der Waals surface area contributed by atoms with Crippen molar-refractivity contribution in [1.29, 1.82) is 0 Å². The van der Waals surface area contributed by atoms with Crippen molar-refractivity contribution in [3.63, 3.8) is 0 Å². The zero-order valence-corrected chi connectivity index (χ0v) is 34.0. The maximum atomic E-state index is 13.6. The van der Waals surface area contributed by atoms with Crippen LogP contribution in [0.1, 0.15) is 27.3 Å². The minimum Gasteiger partial charge on any atom is -0.726 e. The third-order valence-corrected chi connectivity index (χ3v) is 11.3. The van der Waals surface area contributed by atoms with Gasteiger partial charge in [-0.05, 0) is 59.3 Å². The number of ether oxygens (including phenoxy) is 1. The molecule has 3 N–H and O–H groups in total. The second kappa shape index (κ2) is 16.4. The molecule has 1 heterocycles. The number of anilines is 3. The van der Waals surface area contributed by atoms with Crippen LogP contribution in [0.25, 0.3) is 16.3 Å². The van der Waals surface area contributed by atoms with Gasteiger partial charge in [-0.25, -0.2) is 16.8 Å². The van der Waals surface area contributed by atoms with Crippen molar-refractivity contribution in [2.45, 2.75) is 16.7 Å². The maximum absolute atomic E-state index is 13.6. The molecule has 0 spiro atoms. The normalized spacial score (nSPS) is 13.9. The van der Waals surface area contributed by atoms with E-state index in [9.17, 15) is 39.2 Å². The number of rotatable bonds is 12. The SMILES string of the molecule is COc1cc(S(=O)(=O)CCOS(=O)(=O)[O-])c(C)cc1Nc1nc(Cl)nc(C2=CC(=NNc3cccc4cccc(S(=O)(=O)O)c34)C(=O)c3ccccc32)n1.[Na+]. The summed E-state index contributed by atoms with van der Waals surface area (Å²) in [5, 5.41) is 7.62. The van der Waals surface area contributed by atoms with E-state index in [1.165, 1.54) is 50.4 Å². The predicted octanol–water partition coefficient (Wildman–Crippen LogP) is 1.34. The van der Waals surface area contributed by atoms with Crippen molar-refractivity contribution in [2.24, 2.45) is 5.10 Å². The number of nitrogens with zero attached hydrogens (tertiary/aromatic N) is 4. The molecule has 17 nitrogen and oxygen atoms in total. The van der Waals surface area contributed by atoms with Gasteiger partial charge >= 0.3 is 29.6 Å². The van der Waals surface area contributed by atoms with Crippen LogP contribution in [0.15, 0.2) is 93.8 Å². The van der Waals surface area contributed by atoms with E-state index >= 15 is 0 Å². The first kappa shape index (κ1) is 41.8. The summed E-state index contributed by atoms with van der Waals surface area (Å²) in [5.74, 6) is -1.36. The Bertz CT molecular complexity index is 2760. The van der Waals surface area contributed by atoms with Gasteiger partial charge in [0.05, 0.1) is 35.7 Å². The number of methoxy groups -OCH3 is 1. The van der Waals surface area contributed by atoms with E-state index in [2.05, 4.69) is 35.0 Å². The first-order valence-electron chi connectivity index (χ1n) is 15.3. The van der Waals surface area contributed by atoms with Gasteiger partial charge in [0.2, 0.25) is 27.4 Å². The topological polar surface area (TPSA) is 256 Å². The smallest absolute Gasteiger partial charge is 0.726 e.